The lowest BCUT2D eigenvalue weighted by atomic mass is 10.3. The first kappa shape index (κ1) is 12.1. The van der Waals surface area contributed by atoms with Crippen LogP contribution in [0.5, 0.6) is 5.88 Å². The number of aromatic nitrogens is 1. The standard InChI is InChI=1S/C11H14ClNOSi/c1-14-11-9(5-6-10(12)13-11)7-8-15(2,3)4/h5-6H,1-4H3. The van der Waals surface area contributed by atoms with Gasteiger partial charge in [-0.15, -0.1) is 5.54 Å². The van der Waals surface area contributed by atoms with Crippen molar-refractivity contribution in [1.82, 2.24) is 4.98 Å². The number of hydrogen-bond donors (Lipinski definition) is 0. The van der Waals surface area contributed by atoms with Gasteiger partial charge in [-0.05, 0) is 12.1 Å². The summed E-state index contributed by atoms with van der Waals surface area (Å²) < 4.78 is 5.11. The molecule has 1 aromatic heterocycles. The van der Waals surface area contributed by atoms with Crippen LogP contribution in [0.4, 0.5) is 0 Å². The fourth-order valence-corrected chi connectivity index (χ4v) is 1.57. The molecule has 0 saturated heterocycles. The highest BCUT2D eigenvalue weighted by Crippen LogP contribution is 2.17. The molecule has 0 unspecified atom stereocenters. The highest BCUT2D eigenvalue weighted by atomic mass is 35.5. The zero-order valence-electron chi connectivity index (χ0n) is 9.39. The van der Waals surface area contributed by atoms with E-state index in [1.165, 1.54) is 0 Å². The Morgan fingerprint density at radius 3 is 2.53 bits per heavy atom. The van der Waals surface area contributed by atoms with Crippen molar-refractivity contribution >= 4 is 19.7 Å². The maximum absolute atomic E-state index is 5.76. The van der Waals surface area contributed by atoms with Crippen molar-refractivity contribution in [3.05, 3.63) is 22.8 Å². The van der Waals surface area contributed by atoms with Crippen LogP contribution in [0.3, 0.4) is 0 Å². The minimum atomic E-state index is -1.37. The topological polar surface area (TPSA) is 22.1 Å². The second-order valence-electron chi connectivity index (χ2n) is 4.19. The number of halogens is 1. The van der Waals surface area contributed by atoms with Crippen LogP contribution in [-0.2, 0) is 0 Å². The van der Waals surface area contributed by atoms with Gasteiger partial charge in [0.15, 0.2) is 0 Å². The molecule has 0 saturated carbocycles. The summed E-state index contributed by atoms with van der Waals surface area (Å²) in [5.74, 6) is 3.59. The zero-order valence-corrected chi connectivity index (χ0v) is 11.1. The zero-order chi connectivity index (χ0) is 11.5. The molecule has 15 heavy (non-hydrogen) atoms. The summed E-state index contributed by atoms with van der Waals surface area (Å²) in [6.07, 6.45) is 0. The van der Waals surface area contributed by atoms with E-state index in [-0.39, 0.29) is 0 Å². The Balaban J connectivity index is 3.08. The molecule has 80 valence electrons. The minimum absolute atomic E-state index is 0.422. The molecule has 2 nitrogen and oxygen atoms in total. The lowest BCUT2D eigenvalue weighted by Gasteiger charge is -2.05. The van der Waals surface area contributed by atoms with Crippen LogP contribution in [0.25, 0.3) is 0 Å². The molecule has 0 bridgehead atoms. The van der Waals surface area contributed by atoms with Gasteiger partial charge < -0.3 is 4.74 Å². The van der Waals surface area contributed by atoms with Crippen LogP contribution in [0.15, 0.2) is 12.1 Å². The summed E-state index contributed by atoms with van der Waals surface area (Å²) in [6.45, 7) is 6.57. The number of ether oxygens (including phenoxy) is 1. The minimum Gasteiger partial charge on any atom is -0.480 e. The lowest BCUT2D eigenvalue weighted by molar-refractivity contribution is 0.396. The van der Waals surface area contributed by atoms with E-state index in [0.717, 1.165) is 5.56 Å². The predicted molar refractivity (Wildman–Crippen MR) is 66.0 cm³/mol. The molecule has 1 rings (SSSR count). The van der Waals surface area contributed by atoms with Crippen molar-refractivity contribution in [2.45, 2.75) is 19.6 Å². The Morgan fingerprint density at radius 1 is 1.33 bits per heavy atom. The number of rotatable bonds is 1. The first-order chi connectivity index (χ1) is 6.92. The monoisotopic (exact) mass is 239 g/mol. The van der Waals surface area contributed by atoms with Gasteiger partial charge in [-0.25, -0.2) is 4.98 Å². The van der Waals surface area contributed by atoms with E-state index in [1.54, 1.807) is 13.2 Å². The molecule has 0 aliphatic carbocycles. The maximum Gasteiger partial charge on any atom is 0.230 e. The van der Waals surface area contributed by atoms with Crippen LogP contribution in [0, 0.1) is 11.5 Å². The molecule has 0 aromatic carbocycles. The van der Waals surface area contributed by atoms with Crippen LogP contribution < -0.4 is 4.74 Å². The Bertz CT molecular complexity index is 415. The third kappa shape index (κ3) is 3.94. The maximum atomic E-state index is 5.76. The Labute approximate surface area is 96.6 Å². The molecular weight excluding hydrogens is 226 g/mol. The molecule has 0 N–H and O–H groups in total. The van der Waals surface area contributed by atoms with Gasteiger partial charge in [0.05, 0.1) is 12.7 Å². The molecule has 0 aliphatic rings. The van der Waals surface area contributed by atoms with E-state index in [0.29, 0.717) is 11.0 Å². The predicted octanol–water partition coefficient (Wildman–Crippen LogP) is 2.97. The van der Waals surface area contributed by atoms with Crippen molar-refractivity contribution in [3.8, 4) is 17.3 Å². The number of pyridine rings is 1. The third-order valence-electron chi connectivity index (χ3n) is 1.59. The van der Waals surface area contributed by atoms with Gasteiger partial charge in [0, 0.05) is 0 Å². The third-order valence-corrected chi connectivity index (χ3v) is 2.68. The molecule has 0 fully saturated rings. The SMILES string of the molecule is COc1nc(Cl)ccc1C#C[Si](C)(C)C. The molecule has 0 aliphatic heterocycles. The van der Waals surface area contributed by atoms with E-state index in [9.17, 15) is 0 Å². The molecule has 0 spiro atoms. The van der Waals surface area contributed by atoms with Gasteiger partial charge in [0.25, 0.3) is 0 Å². The average Bonchev–Trinajstić information content (AvgIpc) is 2.14. The summed E-state index contributed by atoms with van der Waals surface area (Å²) >= 11 is 5.76. The van der Waals surface area contributed by atoms with Gasteiger partial charge >= 0.3 is 0 Å². The number of nitrogens with zero attached hydrogens (tertiary/aromatic N) is 1. The fourth-order valence-electron chi connectivity index (χ4n) is 0.923. The van der Waals surface area contributed by atoms with Crippen molar-refractivity contribution in [3.63, 3.8) is 0 Å². The van der Waals surface area contributed by atoms with Crippen molar-refractivity contribution in [1.29, 1.82) is 0 Å². The fraction of sp³-hybridized carbons (Fsp3) is 0.364. The molecule has 1 aromatic rings. The highest BCUT2D eigenvalue weighted by molar-refractivity contribution is 6.83. The van der Waals surface area contributed by atoms with Crippen molar-refractivity contribution in [2.24, 2.45) is 0 Å². The second-order valence-corrected chi connectivity index (χ2v) is 9.33. The largest absolute Gasteiger partial charge is 0.480 e. The van der Waals surface area contributed by atoms with E-state index in [4.69, 9.17) is 16.3 Å². The molecule has 1 heterocycles. The van der Waals surface area contributed by atoms with Gasteiger partial charge in [-0.3, -0.25) is 0 Å². The van der Waals surface area contributed by atoms with Crippen molar-refractivity contribution < 1.29 is 4.74 Å². The average molecular weight is 240 g/mol. The summed E-state index contributed by atoms with van der Waals surface area (Å²) in [4.78, 5) is 4.05. The first-order valence-corrected chi connectivity index (χ1v) is 8.54. The number of methoxy groups -OCH3 is 1. The van der Waals surface area contributed by atoms with E-state index < -0.39 is 8.07 Å². The molecule has 4 heteroatoms. The quantitative estimate of drug-likeness (QED) is 0.427. The summed E-state index contributed by atoms with van der Waals surface area (Å²) in [5.41, 5.74) is 4.05. The van der Waals surface area contributed by atoms with Gasteiger partial charge in [0.2, 0.25) is 5.88 Å². The molecular formula is C11H14ClNOSi. The van der Waals surface area contributed by atoms with Gasteiger partial charge in [0.1, 0.15) is 13.2 Å². The Morgan fingerprint density at radius 2 is 2.00 bits per heavy atom. The number of hydrogen-bond acceptors (Lipinski definition) is 2. The molecule has 0 amide bonds. The molecule has 0 radical (unpaired) electrons. The highest BCUT2D eigenvalue weighted by Gasteiger charge is 2.09. The summed E-state index contributed by atoms with van der Waals surface area (Å²) in [5, 5.41) is 0.422. The second kappa shape index (κ2) is 4.69. The van der Waals surface area contributed by atoms with Gasteiger partial charge in [-0.2, -0.15) is 0 Å². The van der Waals surface area contributed by atoms with E-state index in [2.05, 4.69) is 36.1 Å². The van der Waals surface area contributed by atoms with Gasteiger partial charge in [-0.1, -0.05) is 37.2 Å². The van der Waals surface area contributed by atoms with E-state index in [1.807, 2.05) is 6.07 Å². The smallest absolute Gasteiger partial charge is 0.230 e. The van der Waals surface area contributed by atoms with Crippen LogP contribution in [0.2, 0.25) is 24.8 Å². The first-order valence-electron chi connectivity index (χ1n) is 4.66. The lowest BCUT2D eigenvalue weighted by Crippen LogP contribution is -2.16. The summed E-state index contributed by atoms with van der Waals surface area (Å²) in [7, 11) is 0.201. The van der Waals surface area contributed by atoms with Crippen LogP contribution in [-0.4, -0.2) is 20.2 Å². The van der Waals surface area contributed by atoms with Crippen LogP contribution >= 0.6 is 11.6 Å². The normalized spacial score (nSPS) is 10.5. The van der Waals surface area contributed by atoms with Crippen molar-refractivity contribution in [2.75, 3.05) is 7.11 Å². The summed E-state index contributed by atoms with van der Waals surface area (Å²) in [6, 6.07) is 3.56. The van der Waals surface area contributed by atoms with Crippen LogP contribution in [0.1, 0.15) is 5.56 Å². The Kier molecular flexibility index (Phi) is 3.78. The Hall–Kier alpha value is -0.983. The molecule has 0 atom stereocenters. The van der Waals surface area contributed by atoms with E-state index >= 15 is 0 Å².